The van der Waals surface area contributed by atoms with E-state index in [9.17, 15) is 9.59 Å². The third-order valence-corrected chi connectivity index (χ3v) is 6.18. The maximum absolute atomic E-state index is 12.9. The van der Waals surface area contributed by atoms with Crippen LogP contribution in [0.2, 0.25) is 0 Å². The topological polar surface area (TPSA) is 62.4 Å². The molecule has 1 heterocycles. The summed E-state index contributed by atoms with van der Waals surface area (Å²) < 4.78 is 5.53. The summed E-state index contributed by atoms with van der Waals surface area (Å²) in [6, 6.07) is 8.35. The first-order valence-electron chi connectivity index (χ1n) is 10.5. The molecule has 0 saturated heterocycles. The molecule has 1 aromatic heterocycles. The number of nitrogens with one attached hydrogen (secondary N) is 1. The number of ether oxygens (including phenoxy) is 1. The molecule has 29 heavy (non-hydrogen) atoms. The van der Waals surface area contributed by atoms with E-state index in [0.29, 0.717) is 30.2 Å². The van der Waals surface area contributed by atoms with E-state index in [0.717, 1.165) is 41.8 Å². The van der Waals surface area contributed by atoms with Gasteiger partial charge in [-0.2, -0.15) is 0 Å². The number of aromatic amines is 1. The lowest BCUT2D eigenvalue weighted by atomic mass is 9.81. The standard InChI is InChI=1S/C24H32N2O3/c1-6-16(7-2)14-29-24(28)23-15(3)22-20(25-23)12-18(13-21(22)27)17-8-10-19(11-9-17)26(4)5/h8-11,16,18,25H,6-7,12-14H2,1-5H3/t18-/m0/s1. The minimum absolute atomic E-state index is 0.0979. The predicted octanol–water partition coefficient (Wildman–Crippen LogP) is 4.89. The smallest absolute Gasteiger partial charge is 0.355 e. The molecule has 1 atom stereocenters. The average Bonchev–Trinajstić information content (AvgIpc) is 3.05. The van der Waals surface area contributed by atoms with Gasteiger partial charge in [-0.15, -0.1) is 0 Å². The van der Waals surface area contributed by atoms with Gasteiger partial charge in [0.05, 0.1) is 6.61 Å². The second-order valence-corrected chi connectivity index (χ2v) is 8.27. The number of rotatable bonds is 7. The van der Waals surface area contributed by atoms with Crippen molar-refractivity contribution >= 4 is 17.4 Å². The molecule has 3 rings (SSSR count). The first-order chi connectivity index (χ1) is 13.8. The Bertz CT molecular complexity index is 876. The molecule has 0 amide bonds. The molecule has 0 bridgehead atoms. The first-order valence-corrected chi connectivity index (χ1v) is 10.5. The van der Waals surface area contributed by atoms with Crippen LogP contribution in [0.4, 0.5) is 5.69 Å². The Morgan fingerprint density at radius 2 is 1.83 bits per heavy atom. The largest absolute Gasteiger partial charge is 0.461 e. The fourth-order valence-corrected chi connectivity index (χ4v) is 4.11. The molecular formula is C24H32N2O3. The maximum Gasteiger partial charge on any atom is 0.355 e. The van der Waals surface area contributed by atoms with Gasteiger partial charge in [0.25, 0.3) is 0 Å². The molecule has 156 valence electrons. The maximum atomic E-state index is 12.9. The van der Waals surface area contributed by atoms with Crippen LogP contribution < -0.4 is 4.90 Å². The van der Waals surface area contributed by atoms with E-state index in [2.05, 4.69) is 48.0 Å². The van der Waals surface area contributed by atoms with Gasteiger partial charge < -0.3 is 14.6 Å². The van der Waals surface area contributed by atoms with E-state index >= 15 is 0 Å². The van der Waals surface area contributed by atoms with Crippen LogP contribution in [0.25, 0.3) is 0 Å². The zero-order chi connectivity index (χ0) is 21.1. The molecule has 2 aromatic rings. The fourth-order valence-electron chi connectivity index (χ4n) is 4.11. The summed E-state index contributed by atoms with van der Waals surface area (Å²) in [5.41, 5.74) is 4.98. The first kappa shape index (κ1) is 21.2. The number of Topliss-reactive ketones (excluding diaryl/α,β-unsaturated/α-hetero) is 1. The Balaban J connectivity index is 1.79. The van der Waals surface area contributed by atoms with Gasteiger partial charge in [0.2, 0.25) is 0 Å². The lowest BCUT2D eigenvalue weighted by Crippen LogP contribution is -2.18. The molecule has 5 heteroatoms. The van der Waals surface area contributed by atoms with Crippen molar-refractivity contribution in [2.45, 2.75) is 52.4 Å². The van der Waals surface area contributed by atoms with Crippen molar-refractivity contribution in [3.8, 4) is 0 Å². The number of benzene rings is 1. The van der Waals surface area contributed by atoms with E-state index in [1.54, 1.807) is 0 Å². The summed E-state index contributed by atoms with van der Waals surface area (Å²) >= 11 is 0. The van der Waals surface area contributed by atoms with E-state index in [4.69, 9.17) is 4.74 Å². The molecular weight excluding hydrogens is 364 g/mol. The molecule has 1 aliphatic rings. The van der Waals surface area contributed by atoms with E-state index in [1.165, 1.54) is 0 Å². The SMILES string of the molecule is CCC(CC)COC(=O)c1[nH]c2c(c1C)C(=O)C[C@@H](c1ccc(N(C)C)cc1)C2. The van der Waals surface area contributed by atoms with E-state index in [-0.39, 0.29) is 17.7 Å². The van der Waals surface area contributed by atoms with Crippen molar-refractivity contribution < 1.29 is 14.3 Å². The van der Waals surface area contributed by atoms with E-state index in [1.807, 2.05) is 21.0 Å². The highest BCUT2D eigenvalue weighted by Gasteiger charge is 2.32. The quantitative estimate of drug-likeness (QED) is 0.677. The summed E-state index contributed by atoms with van der Waals surface area (Å²) in [5.74, 6) is 0.238. The fraction of sp³-hybridized carbons (Fsp3) is 0.500. The van der Waals surface area contributed by atoms with Crippen LogP contribution in [0.3, 0.4) is 0 Å². The summed E-state index contributed by atoms with van der Waals surface area (Å²) in [7, 11) is 4.02. The second-order valence-electron chi connectivity index (χ2n) is 8.27. The van der Waals surface area contributed by atoms with Gasteiger partial charge in [-0.25, -0.2) is 4.79 Å². The van der Waals surface area contributed by atoms with E-state index < -0.39 is 0 Å². The molecule has 1 N–H and O–H groups in total. The molecule has 5 nitrogen and oxygen atoms in total. The summed E-state index contributed by atoms with van der Waals surface area (Å²) in [5, 5.41) is 0. The number of H-pyrrole nitrogens is 1. The molecule has 0 saturated carbocycles. The Labute approximate surface area is 173 Å². The highest BCUT2D eigenvalue weighted by molar-refractivity contribution is 6.03. The number of aromatic nitrogens is 1. The second kappa shape index (κ2) is 8.85. The van der Waals surface area contributed by atoms with Crippen LogP contribution in [0.15, 0.2) is 24.3 Å². The van der Waals surface area contributed by atoms with Crippen LogP contribution in [-0.2, 0) is 11.2 Å². The summed E-state index contributed by atoms with van der Waals surface area (Å²) in [6.45, 7) is 6.46. The molecule has 0 radical (unpaired) electrons. The van der Waals surface area contributed by atoms with Crippen LogP contribution in [0.1, 0.15) is 76.7 Å². The monoisotopic (exact) mass is 396 g/mol. The van der Waals surface area contributed by atoms with Crippen molar-refractivity contribution in [3.63, 3.8) is 0 Å². The number of nitrogens with zero attached hydrogens (tertiary/aromatic N) is 1. The summed E-state index contributed by atoms with van der Waals surface area (Å²) in [6.07, 6.45) is 3.16. The number of carbonyl (C=O) groups excluding carboxylic acids is 2. The minimum Gasteiger partial charge on any atom is -0.461 e. The van der Waals surface area contributed by atoms with Gasteiger partial charge in [0, 0.05) is 37.5 Å². The number of ketones is 1. The Kier molecular flexibility index (Phi) is 6.46. The number of fused-ring (bicyclic) bond motifs is 1. The molecule has 1 aliphatic carbocycles. The van der Waals surface area contributed by atoms with Gasteiger partial charge in [-0.1, -0.05) is 38.8 Å². The summed E-state index contributed by atoms with van der Waals surface area (Å²) in [4.78, 5) is 30.8. The number of hydrogen-bond donors (Lipinski definition) is 1. The van der Waals surface area contributed by atoms with Crippen molar-refractivity contribution in [2.24, 2.45) is 5.92 Å². The highest BCUT2D eigenvalue weighted by atomic mass is 16.5. The Morgan fingerprint density at radius 3 is 2.41 bits per heavy atom. The van der Waals surface area contributed by atoms with Crippen LogP contribution in [0.5, 0.6) is 0 Å². The zero-order valence-corrected chi connectivity index (χ0v) is 18.2. The Morgan fingerprint density at radius 1 is 1.17 bits per heavy atom. The van der Waals surface area contributed by atoms with Gasteiger partial charge >= 0.3 is 5.97 Å². The van der Waals surface area contributed by atoms with Gasteiger partial charge in [0.1, 0.15) is 5.69 Å². The molecule has 0 unspecified atom stereocenters. The predicted molar refractivity (Wildman–Crippen MR) is 116 cm³/mol. The number of esters is 1. The van der Waals surface area contributed by atoms with Crippen molar-refractivity contribution in [2.75, 3.05) is 25.6 Å². The van der Waals surface area contributed by atoms with Crippen molar-refractivity contribution in [1.82, 2.24) is 4.98 Å². The minimum atomic E-state index is -0.358. The van der Waals surface area contributed by atoms with Crippen molar-refractivity contribution in [1.29, 1.82) is 0 Å². The third kappa shape index (κ3) is 4.39. The average molecular weight is 397 g/mol. The van der Waals surface area contributed by atoms with Gasteiger partial charge in [-0.05, 0) is 48.4 Å². The Hall–Kier alpha value is -2.56. The number of hydrogen-bond acceptors (Lipinski definition) is 4. The number of anilines is 1. The van der Waals surface area contributed by atoms with Crippen LogP contribution >= 0.6 is 0 Å². The normalized spacial score (nSPS) is 16.1. The van der Waals surface area contributed by atoms with Crippen LogP contribution in [0, 0.1) is 12.8 Å². The lowest BCUT2D eigenvalue weighted by molar-refractivity contribution is 0.0426. The zero-order valence-electron chi connectivity index (χ0n) is 18.2. The third-order valence-electron chi connectivity index (χ3n) is 6.18. The molecule has 0 spiro atoms. The van der Waals surface area contributed by atoms with Gasteiger partial charge in [-0.3, -0.25) is 4.79 Å². The molecule has 0 aliphatic heterocycles. The van der Waals surface area contributed by atoms with Gasteiger partial charge in [0.15, 0.2) is 5.78 Å². The lowest BCUT2D eigenvalue weighted by Gasteiger charge is -2.23. The molecule has 1 aromatic carbocycles. The van der Waals surface area contributed by atoms with Crippen LogP contribution in [-0.4, -0.2) is 37.4 Å². The number of carbonyl (C=O) groups is 2. The molecule has 0 fully saturated rings. The highest BCUT2D eigenvalue weighted by Crippen LogP contribution is 2.35. The van der Waals surface area contributed by atoms with Crippen molar-refractivity contribution in [3.05, 3.63) is 52.3 Å².